The summed E-state index contributed by atoms with van der Waals surface area (Å²) in [6, 6.07) is 16.4. The highest BCUT2D eigenvalue weighted by molar-refractivity contribution is 5.92. The molecule has 9 nitrogen and oxygen atoms in total. The van der Waals surface area contributed by atoms with Crippen LogP contribution in [0.15, 0.2) is 54.6 Å². The molecule has 1 saturated heterocycles. The Bertz CT molecular complexity index is 1070. The van der Waals surface area contributed by atoms with Crippen LogP contribution >= 0.6 is 0 Å². The first-order valence-corrected chi connectivity index (χ1v) is 10.7. The molecule has 33 heavy (non-hydrogen) atoms. The maximum atomic E-state index is 12.2. The molecule has 0 aliphatic carbocycles. The molecule has 0 saturated carbocycles. The normalized spacial score (nSPS) is 13.3. The van der Waals surface area contributed by atoms with Crippen molar-refractivity contribution in [2.45, 2.75) is 6.92 Å². The number of rotatable bonds is 8. The van der Waals surface area contributed by atoms with Gasteiger partial charge in [0.15, 0.2) is 6.61 Å². The third kappa shape index (κ3) is 6.33. The molecule has 1 amide bonds. The number of nitrogens with zero attached hydrogens (tertiary/aromatic N) is 3. The Morgan fingerprint density at radius 3 is 2.36 bits per heavy atom. The van der Waals surface area contributed by atoms with Crippen LogP contribution in [0.2, 0.25) is 0 Å². The molecule has 4 rings (SSSR count). The third-order valence-electron chi connectivity index (χ3n) is 5.03. The van der Waals surface area contributed by atoms with Gasteiger partial charge in [0.1, 0.15) is 17.3 Å². The van der Waals surface area contributed by atoms with E-state index < -0.39 is 0 Å². The molecule has 9 heteroatoms. The van der Waals surface area contributed by atoms with Gasteiger partial charge in [-0.15, -0.1) is 0 Å². The highest BCUT2D eigenvalue weighted by Crippen LogP contribution is 2.21. The number of methoxy groups -OCH3 is 1. The summed E-state index contributed by atoms with van der Waals surface area (Å²) in [5, 5.41) is 6.05. The van der Waals surface area contributed by atoms with Gasteiger partial charge in [-0.3, -0.25) is 4.79 Å². The van der Waals surface area contributed by atoms with Gasteiger partial charge in [0.05, 0.1) is 20.3 Å². The molecule has 2 aromatic carbocycles. The molecule has 2 N–H and O–H groups in total. The Labute approximate surface area is 192 Å². The van der Waals surface area contributed by atoms with Crippen LogP contribution in [0.25, 0.3) is 0 Å². The topological polar surface area (TPSA) is 97.8 Å². The lowest BCUT2D eigenvalue weighted by Crippen LogP contribution is -2.36. The van der Waals surface area contributed by atoms with Crippen molar-refractivity contribution in [2.24, 2.45) is 0 Å². The van der Waals surface area contributed by atoms with Gasteiger partial charge in [0, 0.05) is 36.2 Å². The largest absolute Gasteiger partial charge is 0.497 e. The molecule has 1 aliphatic heterocycles. The van der Waals surface area contributed by atoms with Crippen LogP contribution in [0.1, 0.15) is 5.69 Å². The van der Waals surface area contributed by atoms with Crippen molar-refractivity contribution in [3.63, 3.8) is 0 Å². The Balaban J connectivity index is 1.31. The van der Waals surface area contributed by atoms with Crippen molar-refractivity contribution in [3.05, 3.63) is 60.3 Å². The van der Waals surface area contributed by atoms with Crippen LogP contribution in [-0.4, -0.2) is 55.9 Å². The number of carbonyl (C=O) groups is 1. The van der Waals surface area contributed by atoms with E-state index in [1.54, 1.807) is 31.4 Å². The predicted octanol–water partition coefficient (Wildman–Crippen LogP) is 3.39. The molecule has 3 aromatic rings. The molecule has 0 radical (unpaired) electrons. The number of hydrogen-bond acceptors (Lipinski definition) is 8. The Hall–Kier alpha value is -3.85. The molecule has 1 fully saturated rings. The number of aromatic nitrogens is 2. The second-order valence-corrected chi connectivity index (χ2v) is 7.51. The van der Waals surface area contributed by atoms with Crippen molar-refractivity contribution in [1.29, 1.82) is 0 Å². The van der Waals surface area contributed by atoms with E-state index in [1.807, 2.05) is 37.3 Å². The van der Waals surface area contributed by atoms with E-state index >= 15 is 0 Å². The van der Waals surface area contributed by atoms with Gasteiger partial charge in [-0.2, -0.15) is 4.98 Å². The minimum Gasteiger partial charge on any atom is -0.497 e. The summed E-state index contributed by atoms with van der Waals surface area (Å²) in [6.07, 6.45) is 0. The molecule has 0 unspecified atom stereocenters. The van der Waals surface area contributed by atoms with Gasteiger partial charge in [-0.1, -0.05) is 0 Å². The zero-order valence-electron chi connectivity index (χ0n) is 18.7. The zero-order valence-corrected chi connectivity index (χ0v) is 18.7. The standard InChI is InChI=1S/C24H27N5O4/c1-17-15-22(29-11-13-32-14-12-29)28-24(25-17)27-19-5-3-18(4-6-19)26-23(30)16-33-21-9-7-20(31-2)8-10-21/h3-10,15H,11-14,16H2,1-2H3,(H,26,30)(H,25,27,28). The van der Waals surface area contributed by atoms with E-state index in [2.05, 4.69) is 25.5 Å². The van der Waals surface area contributed by atoms with Crippen molar-refractivity contribution >= 4 is 29.0 Å². The van der Waals surface area contributed by atoms with Gasteiger partial charge >= 0.3 is 0 Å². The zero-order chi connectivity index (χ0) is 23.0. The fourth-order valence-corrected chi connectivity index (χ4v) is 3.35. The minimum absolute atomic E-state index is 0.0895. The number of aryl methyl sites for hydroxylation is 1. The first-order chi connectivity index (χ1) is 16.1. The number of benzene rings is 2. The van der Waals surface area contributed by atoms with E-state index in [9.17, 15) is 4.79 Å². The second kappa shape index (κ2) is 10.6. The number of carbonyl (C=O) groups excluding carboxylic acids is 1. The van der Waals surface area contributed by atoms with E-state index in [1.165, 1.54) is 0 Å². The van der Waals surface area contributed by atoms with E-state index in [-0.39, 0.29) is 12.5 Å². The van der Waals surface area contributed by atoms with Gasteiger partial charge in [0.25, 0.3) is 5.91 Å². The maximum Gasteiger partial charge on any atom is 0.262 e. The molecular weight excluding hydrogens is 422 g/mol. The lowest BCUT2D eigenvalue weighted by molar-refractivity contribution is -0.118. The molecule has 0 spiro atoms. The van der Waals surface area contributed by atoms with Crippen LogP contribution in [0.3, 0.4) is 0 Å². The van der Waals surface area contributed by atoms with Gasteiger partial charge in [0.2, 0.25) is 5.95 Å². The maximum absolute atomic E-state index is 12.2. The summed E-state index contributed by atoms with van der Waals surface area (Å²) in [5.41, 5.74) is 2.37. The number of amides is 1. The number of hydrogen-bond donors (Lipinski definition) is 2. The molecule has 2 heterocycles. The number of anilines is 4. The summed E-state index contributed by atoms with van der Waals surface area (Å²) in [7, 11) is 1.60. The number of ether oxygens (including phenoxy) is 3. The first-order valence-electron chi connectivity index (χ1n) is 10.7. The summed E-state index contributed by atoms with van der Waals surface area (Å²) < 4.78 is 16.0. The van der Waals surface area contributed by atoms with Crippen molar-refractivity contribution in [3.8, 4) is 11.5 Å². The van der Waals surface area contributed by atoms with E-state index in [0.29, 0.717) is 30.6 Å². The molecule has 0 atom stereocenters. The van der Waals surface area contributed by atoms with Crippen LogP contribution in [0.5, 0.6) is 11.5 Å². The third-order valence-corrected chi connectivity index (χ3v) is 5.03. The molecular formula is C24H27N5O4. The van der Waals surface area contributed by atoms with Crippen LogP contribution in [-0.2, 0) is 9.53 Å². The molecule has 1 aromatic heterocycles. The van der Waals surface area contributed by atoms with Crippen molar-refractivity contribution in [2.75, 3.05) is 55.6 Å². The minimum atomic E-state index is -0.247. The van der Waals surface area contributed by atoms with Crippen molar-refractivity contribution < 1.29 is 19.0 Å². The average Bonchev–Trinajstić information content (AvgIpc) is 2.84. The van der Waals surface area contributed by atoms with Gasteiger partial charge in [-0.05, 0) is 55.5 Å². The fourth-order valence-electron chi connectivity index (χ4n) is 3.35. The Morgan fingerprint density at radius 1 is 1.00 bits per heavy atom. The monoisotopic (exact) mass is 449 g/mol. The Morgan fingerprint density at radius 2 is 1.67 bits per heavy atom. The SMILES string of the molecule is COc1ccc(OCC(=O)Nc2ccc(Nc3nc(C)cc(N4CCOCC4)n3)cc2)cc1. The van der Waals surface area contributed by atoms with E-state index in [0.717, 1.165) is 36.0 Å². The fraction of sp³-hybridized carbons (Fsp3) is 0.292. The predicted molar refractivity (Wildman–Crippen MR) is 127 cm³/mol. The smallest absolute Gasteiger partial charge is 0.262 e. The summed E-state index contributed by atoms with van der Waals surface area (Å²) in [4.78, 5) is 23.5. The molecule has 172 valence electrons. The summed E-state index contributed by atoms with van der Waals surface area (Å²) in [5.74, 6) is 2.49. The quantitative estimate of drug-likeness (QED) is 0.540. The molecule has 1 aliphatic rings. The molecule has 0 bridgehead atoms. The van der Waals surface area contributed by atoms with Gasteiger partial charge in [-0.25, -0.2) is 4.98 Å². The highest BCUT2D eigenvalue weighted by Gasteiger charge is 2.14. The van der Waals surface area contributed by atoms with Crippen LogP contribution in [0, 0.1) is 6.92 Å². The second-order valence-electron chi connectivity index (χ2n) is 7.51. The summed E-state index contributed by atoms with van der Waals surface area (Å²) >= 11 is 0. The highest BCUT2D eigenvalue weighted by atomic mass is 16.5. The van der Waals surface area contributed by atoms with Crippen LogP contribution < -0.4 is 25.0 Å². The van der Waals surface area contributed by atoms with Crippen LogP contribution in [0.4, 0.5) is 23.1 Å². The van der Waals surface area contributed by atoms with E-state index in [4.69, 9.17) is 14.2 Å². The first kappa shape index (κ1) is 22.3. The summed E-state index contributed by atoms with van der Waals surface area (Å²) in [6.45, 7) is 4.88. The lowest BCUT2D eigenvalue weighted by atomic mass is 10.2. The number of nitrogens with one attached hydrogen (secondary N) is 2. The average molecular weight is 450 g/mol. The lowest BCUT2D eigenvalue weighted by Gasteiger charge is -2.28. The van der Waals surface area contributed by atoms with Crippen molar-refractivity contribution in [1.82, 2.24) is 9.97 Å². The van der Waals surface area contributed by atoms with Gasteiger partial charge < -0.3 is 29.7 Å². The number of morpholine rings is 1. The Kier molecular flexibility index (Phi) is 7.21.